The Morgan fingerprint density at radius 2 is 2.23 bits per heavy atom. The molecule has 1 fully saturated rings. The van der Waals surface area contributed by atoms with Gasteiger partial charge in [-0.1, -0.05) is 5.57 Å². The first-order chi connectivity index (χ1) is 6.29. The quantitative estimate of drug-likeness (QED) is 0.566. The average Bonchev–Trinajstić information content (AvgIpc) is 2.16. The Morgan fingerprint density at radius 3 is 3.00 bits per heavy atom. The van der Waals surface area contributed by atoms with E-state index in [1.54, 1.807) is 6.08 Å². The van der Waals surface area contributed by atoms with Crippen molar-refractivity contribution in [1.29, 1.82) is 5.26 Å². The molecular formula is C11H13NO. The second kappa shape index (κ2) is 3.33. The van der Waals surface area contributed by atoms with Crippen LogP contribution >= 0.6 is 0 Å². The molecule has 13 heavy (non-hydrogen) atoms. The predicted octanol–water partition coefficient (Wildman–Crippen LogP) is 2.22. The van der Waals surface area contributed by atoms with E-state index in [0.717, 1.165) is 25.7 Å². The highest BCUT2D eigenvalue weighted by Gasteiger charge is 2.28. The fourth-order valence-electron chi connectivity index (χ4n) is 2.35. The van der Waals surface area contributed by atoms with Gasteiger partial charge in [-0.15, -0.1) is 0 Å². The molecule has 0 aromatic heterocycles. The van der Waals surface area contributed by atoms with Crippen LogP contribution in [0.3, 0.4) is 0 Å². The zero-order chi connectivity index (χ0) is 9.26. The van der Waals surface area contributed by atoms with Crippen molar-refractivity contribution in [3.05, 3.63) is 11.6 Å². The largest absolute Gasteiger partial charge is 0.295 e. The van der Waals surface area contributed by atoms with E-state index in [0.29, 0.717) is 12.3 Å². The minimum Gasteiger partial charge on any atom is -0.295 e. The second-order valence-corrected chi connectivity index (χ2v) is 4.03. The Bertz CT molecular complexity index is 298. The zero-order valence-corrected chi connectivity index (χ0v) is 7.62. The van der Waals surface area contributed by atoms with Crippen molar-refractivity contribution in [3.8, 4) is 6.07 Å². The molecule has 0 saturated heterocycles. The molecule has 0 heterocycles. The molecule has 2 heteroatoms. The minimum atomic E-state index is 0.161. The first-order valence-corrected chi connectivity index (χ1v) is 4.92. The van der Waals surface area contributed by atoms with Crippen LogP contribution in [0.2, 0.25) is 0 Å². The standard InChI is InChI=1S/C11H13NO/c12-7-8-1-2-9-3-4-11(13)6-10(9)5-8/h6,8-9H,1-5H2. The van der Waals surface area contributed by atoms with Crippen LogP contribution in [0.25, 0.3) is 0 Å². The molecule has 0 aliphatic heterocycles. The van der Waals surface area contributed by atoms with Gasteiger partial charge in [0.1, 0.15) is 0 Å². The van der Waals surface area contributed by atoms with Crippen molar-refractivity contribution in [2.24, 2.45) is 11.8 Å². The molecule has 1 saturated carbocycles. The number of ketones is 1. The molecular weight excluding hydrogens is 162 g/mol. The van der Waals surface area contributed by atoms with E-state index in [9.17, 15) is 4.79 Å². The minimum absolute atomic E-state index is 0.161. The van der Waals surface area contributed by atoms with E-state index in [1.807, 2.05) is 0 Å². The maximum Gasteiger partial charge on any atom is 0.155 e. The van der Waals surface area contributed by atoms with Gasteiger partial charge in [0, 0.05) is 6.42 Å². The molecule has 0 N–H and O–H groups in total. The Morgan fingerprint density at radius 1 is 1.38 bits per heavy atom. The number of allylic oxidation sites excluding steroid dienone is 2. The van der Waals surface area contributed by atoms with Gasteiger partial charge in [-0.05, 0) is 37.7 Å². The van der Waals surface area contributed by atoms with Crippen LogP contribution in [-0.4, -0.2) is 5.78 Å². The van der Waals surface area contributed by atoms with Crippen molar-refractivity contribution in [2.45, 2.75) is 32.1 Å². The molecule has 0 spiro atoms. The van der Waals surface area contributed by atoms with Gasteiger partial charge in [0.2, 0.25) is 0 Å². The van der Waals surface area contributed by atoms with E-state index < -0.39 is 0 Å². The third-order valence-corrected chi connectivity index (χ3v) is 3.14. The van der Waals surface area contributed by atoms with E-state index in [2.05, 4.69) is 6.07 Å². The second-order valence-electron chi connectivity index (χ2n) is 4.03. The topological polar surface area (TPSA) is 40.9 Å². The molecule has 0 bridgehead atoms. The molecule has 0 aromatic carbocycles. The number of fused-ring (bicyclic) bond motifs is 1. The summed E-state index contributed by atoms with van der Waals surface area (Å²) in [5.74, 6) is 1.03. The van der Waals surface area contributed by atoms with Crippen LogP contribution in [0.1, 0.15) is 32.1 Å². The van der Waals surface area contributed by atoms with E-state index in [1.165, 1.54) is 5.57 Å². The maximum atomic E-state index is 11.2. The number of rotatable bonds is 0. The highest BCUT2D eigenvalue weighted by atomic mass is 16.1. The van der Waals surface area contributed by atoms with Gasteiger partial charge in [-0.3, -0.25) is 4.79 Å². The van der Waals surface area contributed by atoms with E-state index >= 15 is 0 Å². The number of carbonyl (C=O) groups excluding carboxylic acids is 1. The lowest BCUT2D eigenvalue weighted by atomic mass is 9.74. The Balaban J connectivity index is 2.15. The van der Waals surface area contributed by atoms with Gasteiger partial charge in [0.05, 0.1) is 12.0 Å². The summed E-state index contributed by atoms with van der Waals surface area (Å²) < 4.78 is 0. The SMILES string of the molecule is N#CC1CCC2CCC(=O)C=C2C1. The molecule has 2 aliphatic rings. The normalized spacial score (nSPS) is 33.2. The van der Waals surface area contributed by atoms with Crippen LogP contribution in [-0.2, 0) is 4.79 Å². The summed E-state index contributed by atoms with van der Waals surface area (Å²) in [6.07, 6.45) is 6.49. The summed E-state index contributed by atoms with van der Waals surface area (Å²) in [5, 5.41) is 8.79. The zero-order valence-electron chi connectivity index (χ0n) is 7.62. The summed E-state index contributed by atoms with van der Waals surface area (Å²) in [6.45, 7) is 0. The van der Waals surface area contributed by atoms with Gasteiger partial charge in [0.15, 0.2) is 5.78 Å². The van der Waals surface area contributed by atoms with Crippen molar-refractivity contribution < 1.29 is 4.79 Å². The smallest absolute Gasteiger partial charge is 0.155 e. The number of hydrogen-bond donors (Lipinski definition) is 0. The van der Waals surface area contributed by atoms with Crippen LogP contribution in [0.15, 0.2) is 11.6 Å². The molecule has 2 atom stereocenters. The average molecular weight is 175 g/mol. The van der Waals surface area contributed by atoms with Gasteiger partial charge in [-0.2, -0.15) is 5.26 Å². The lowest BCUT2D eigenvalue weighted by Crippen LogP contribution is -2.21. The molecule has 2 rings (SSSR count). The van der Waals surface area contributed by atoms with Crippen LogP contribution in [0.4, 0.5) is 0 Å². The summed E-state index contributed by atoms with van der Waals surface area (Å²) >= 11 is 0. The molecule has 0 aromatic rings. The molecule has 2 aliphatic carbocycles. The number of hydrogen-bond acceptors (Lipinski definition) is 2. The van der Waals surface area contributed by atoms with Crippen molar-refractivity contribution in [3.63, 3.8) is 0 Å². The Labute approximate surface area is 78.2 Å². The molecule has 68 valence electrons. The van der Waals surface area contributed by atoms with Gasteiger partial charge in [-0.25, -0.2) is 0 Å². The fraction of sp³-hybridized carbons (Fsp3) is 0.636. The first kappa shape index (κ1) is 8.50. The summed E-state index contributed by atoms with van der Waals surface area (Å²) in [7, 11) is 0. The fourth-order valence-corrected chi connectivity index (χ4v) is 2.35. The van der Waals surface area contributed by atoms with Gasteiger partial charge in [0.25, 0.3) is 0 Å². The first-order valence-electron chi connectivity index (χ1n) is 4.92. The monoisotopic (exact) mass is 175 g/mol. The highest BCUT2D eigenvalue weighted by molar-refractivity contribution is 5.91. The number of nitriles is 1. The maximum absolute atomic E-state index is 11.2. The summed E-state index contributed by atoms with van der Waals surface area (Å²) in [6, 6.07) is 2.30. The third-order valence-electron chi connectivity index (χ3n) is 3.14. The number of nitrogens with zero attached hydrogens (tertiary/aromatic N) is 1. The van der Waals surface area contributed by atoms with Crippen LogP contribution in [0.5, 0.6) is 0 Å². The van der Waals surface area contributed by atoms with Crippen LogP contribution < -0.4 is 0 Å². The summed E-state index contributed by atoms with van der Waals surface area (Å²) in [5.41, 5.74) is 1.24. The Kier molecular flexibility index (Phi) is 2.18. The Hall–Kier alpha value is -1.10. The van der Waals surface area contributed by atoms with Crippen molar-refractivity contribution >= 4 is 5.78 Å². The van der Waals surface area contributed by atoms with Gasteiger partial charge >= 0.3 is 0 Å². The third kappa shape index (κ3) is 1.65. The molecule has 2 nitrogen and oxygen atoms in total. The molecule has 0 radical (unpaired) electrons. The lowest BCUT2D eigenvalue weighted by Gasteiger charge is -2.30. The van der Waals surface area contributed by atoms with Crippen molar-refractivity contribution in [2.75, 3.05) is 0 Å². The molecule has 0 amide bonds. The number of carbonyl (C=O) groups is 1. The molecule has 2 unspecified atom stereocenters. The summed E-state index contributed by atoms with van der Waals surface area (Å²) in [4.78, 5) is 11.2. The van der Waals surface area contributed by atoms with Crippen molar-refractivity contribution in [1.82, 2.24) is 0 Å². The lowest BCUT2D eigenvalue weighted by molar-refractivity contribution is -0.115. The van der Waals surface area contributed by atoms with E-state index in [4.69, 9.17) is 5.26 Å². The van der Waals surface area contributed by atoms with E-state index in [-0.39, 0.29) is 11.7 Å². The highest BCUT2D eigenvalue weighted by Crippen LogP contribution is 2.38. The van der Waals surface area contributed by atoms with Gasteiger partial charge < -0.3 is 0 Å². The van der Waals surface area contributed by atoms with Crippen LogP contribution in [0, 0.1) is 23.2 Å². The predicted molar refractivity (Wildman–Crippen MR) is 48.8 cm³/mol.